The molecule has 6 nitrogen and oxygen atoms in total. The number of sulfonamides is 1. The van der Waals surface area contributed by atoms with E-state index < -0.39 is 10.0 Å². The second-order valence-electron chi connectivity index (χ2n) is 4.77. The maximum Gasteiger partial charge on any atom is 0.240 e. The number of rotatable bonds is 3. The second-order valence-corrected chi connectivity index (χ2v) is 6.48. The van der Waals surface area contributed by atoms with Gasteiger partial charge in [0.25, 0.3) is 0 Å². The molecule has 2 rings (SSSR count). The molecule has 7 heteroatoms. The van der Waals surface area contributed by atoms with Crippen molar-refractivity contribution in [3.63, 3.8) is 0 Å². The predicted octanol–water partition coefficient (Wildman–Crippen LogP) is 0.457. The summed E-state index contributed by atoms with van der Waals surface area (Å²) in [7, 11) is -2.02. The number of hydrogen-bond donors (Lipinski definition) is 1. The summed E-state index contributed by atoms with van der Waals surface area (Å²) in [6, 6.07) is 7.47. The average Bonchev–Trinajstić information content (AvgIpc) is 2.43. The summed E-state index contributed by atoms with van der Waals surface area (Å²) in [6.45, 7) is 0.357. The van der Waals surface area contributed by atoms with E-state index in [-0.39, 0.29) is 16.8 Å². The van der Waals surface area contributed by atoms with Crippen molar-refractivity contribution < 1.29 is 13.2 Å². The fraction of sp³-hybridized carbons (Fsp3) is 0.385. The normalized spacial score (nSPS) is 19.7. The van der Waals surface area contributed by atoms with Crippen molar-refractivity contribution >= 4 is 15.9 Å². The number of nitrogens with zero attached hydrogens (tertiary/aromatic N) is 2. The van der Waals surface area contributed by atoms with Gasteiger partial charge in [-0.15, -0.1) is 0 Å². The third-order valence-electron chi connectivity index (χ3n) is 3.22. The van der Waals surface area contributed by atoms with Gasteiger partial charge in [0.15, 0.2) is 0 Å². The summed E-state index contributed by atoms with van der Waals surface area (Å²) < 4.78 is 27.0. The number of hydrogen-bond acceptors (Lipinski definition) is 4. The highest BCUT2D eigenvalue weighted by molar-refractivity contribution is 7.89. The van der Waals surface area contributed by atoms with Crippen LogP contribution < -0.4 is 4.72 Å². The highest BCUT2D eigenvalue weighted by Gasteiger charge is 2.27. The summed E-state index contributed by atoms with van der Waals surface area (Å²) in [4.78, 5) is 13.0. The van der Waals surface area contributed by atoms with E-state index in [9.17, 15) is 13.2 Å². The van der Waals surface area contributed by atoms with Crippen LogP contribution in [0.2, 0.25) is 0 Å². The van der Waals surface area contributed by atoms with Gasteiger partial charge in [-0.2, -0.15) is 5.26 Å². The zero-order valence-corrected chi connectivity index (χ0v) is 11.9. The molecular weight excluding hydrogens is 278 g/mol. The third-order valence-corrected chi connectivity index (χ3v) is 4.74. The van der Waals surface area contributed by atoms with Crippen LogP contribution in [0.15, 0.2) is 29.2 Å². The molecule has 1 aromatic carbocycles. The zero-order valence-electron chi connectivity index (χ0n) is 11.0. The van der Waals surface area contributed by atoms with Crippen LogP contribution in [0.1, 0.15) is 18.4 Å². The highest BCUT2D eigenvalue weighted by atomic mass is 32.2. The molecule has 0 bridgehead atoms. The van der Waals surface area contributed by atoms with Gasteiger partial charge in [0.2, 0.25) is 15.9 Å². The van der Waals surface area contributed by atoms with Crippen LogP contribution in [0.5, 0.6) is 0 Å². The smallest absolute Gasteiger partial charge is 0.240 e. The summed E-state index contributed by atoms with van der Waals surface area (Å²) in [5, 5.41) is 8.80. The van der Waals surface area contributed by atoms with Crippen LogP contribution >= 0.6 is 0 Å². The molecular formula is C13H15N3O3S. The summed E-state index contributed by atoms with van der Waals surface area (Å²) in [6.07, 6.45) is 0.822. The lowest BCUT2D eigenvalue weighted by Gasteiger charge is -2.29. The fourth-order valence-corrected chi connectivity index (χ4v) is 3.44. The Hall–Kier alpha value is -1.91. The number of piperidine rings is 1. The summed E-state index contributed by atoms with van der Waals surface area (Å²) >= 11 is 0. The molecule has 1 N–H and O–H groups in total. The first-order valence-corrected chi connectivity index (χ1v) is 7.67. The van der Waals surface area contributed by atoms with Crippen LogP contribution in [0, 0.1) is 11.3 Å². The zero-order chi connectivity index (χ0) is 14.8. The van der Waals surface area contributed by atoms with Crippen LogP contribution in [0.25, 0.3) is 0 Å². The molecule has 20 heavy (non-hydrogen) atoms. The first kappa shape index (κ1) is 14.5. The van der Waals surface area contributed by atoms with Gasteiger partial charge in [-0.25, -0.2) is 13.1 Å². The average molecular weight is 293 g/mol. The van der Waals surface area contributed by atoms with Gasteiger partial charge in [-0.05, 0) is 24.6 Å². The molecule has 1 amide bonds. The molecule has 106 valence electrons. The Bertz CT molecular complexity index is 664. The van der Waals surface area contributed by atoms with Gasteiger partial charge in [0, 0.05) is 26.1 Å². The van der Waals surface area contributed by atoms with Crippen LogP contribution in [0.4, 0.5) is 0 Å². The Balaban J connectivity index is 2.15. The van der Waals surface area contributed by atoms with Crippen molar-refractivity contribution in [3.8, 4) is 6.07 Å². The van der Waals surface area contributed by atoms with E-state index in [1.54, 1.807) is 13.1 Å². The Labute approximate surface area is 118 Å². The molecule has 1 aliphatic rings. The number of carbonyl (C=O) groups is 1. The van der Waals surface area contributed by atoms with Gasteiger partial charge in [-0.1, -0.05) is 6.07 Å². The van der Waals surface area contributed by atoms with Crippen LogP contribution in [-0.2, 0) is 14.8 Å². The molecule has 1 atom stereocenters. The first-order valence-electron chi connectivity index (χ1n) is 6.19. The predicted molar refractivity (Wildman–Crippen MR) is 72.1 cm³/mol. The van der Waals surface area contributed by atoms with Gasteiger partial charge in [0.05, 0.1) is 16.5 Å². The molecule has 1 aromatic rings. The molecule has 1 unspecified atom stereocenters. The Morgan fingerprint density at radius 3 is 2.85 bits per heavy atom. The first-order chi connectivity index (χ1) is 9.42. The van der Waals surface area contributed by atoms with Crippen molar-refractivity contribution in [2.24, 2.45) is 0 Å². The third kappa shape index (κ3) is 3.15. The van der Waals surface area contributed by atoms with E-state index in [0.29, 0.717) is 24.9 Å². The largest absolute Gasteiger partial charge is 0.344 e. The Kier molecular flexibility index (Phi) is 4.06. The van der Waals surface area contributed by atoms with E-state index >= 15 is 0 Å². The number of likely N-dealkylation sites (tertiary alicyclic amines) is 1. The Morgan fingerprint density at radius 1 is 1.45 bits per heavy atom. The number of benzene rings is 1. The lowest BCUT2D eigenvalue weighted by molar-refractivity contribution is -0.132. The molecule has 0 aliphatic carbocycles. The minimum absolute atomic E-state index is 0.0203. The molecule has 1 aliphatic heterocycles. The fourth-order valence-electron chi connectivity index (χ4n) is 2.13. The SMILES string of the molecule is CN1CC(NS(=O)(=O)c2cccc(C#N)c2)CCC1=O. The maximum absolute atomic E-state index is 12.2. The quantitative estimate of drug-likeness (QED) is 0.876. The maximum atomic E-state index is 12.2. The number of nitrogens with one attached hydrogen (secondary N) is 1. The van der Waals surface area contributed by atoms with Crippen molar-refractivity contribution in [2.45, 2.75) is 23.8 Å². The number of likely N-dealkylation sites (N-methyl/N-ethyl adjacent to an activating group) is 1. The molecule has 0 saturated carbocycles. The summed E-state index contributed by atoms with van der Waals surface area (Å²) in [5.41, 5.74) is 0.295. The van der Waals surface area contributed by atoms with Crippen molar-refractivity contribution in [1.29, 1.82) is 5.26 Å². The number of amides is 1. The number of nitriles is 1. The van der Waals surface area contributed by atoms with E-state index in [1.807, 2.05) is 6.07 Å². The number of carbonyl (C=O) groups excluding carboxylic acids is 1. The van der Waals surface area contributed by atoms with Crippen molar-refractivity contribution in [2.75, 3.05) is 13.6 Å². The highest BCUT2D eigenvalue weighted by Crippen LogP contribution is 2.15. The van der Waals surface area contributed by atoms with Crippen molar-refractivity contribution in [3.05, 3.63) is 29.8 Å². The topological polar surface area (TPSA) is 90.3 Å². The van der Waals surface area contributed by atoms with Gasteiger partial charge < -0.3 is 4.90 Å². The minimum Gasteiger partial charge on any atom is -0.344 e. The summed E-state index contributed by atoms with van der Waals surface area (Å²) in [5.74, 6) is 0.0203. The van der Waals surface area contributed by atoms with E-state index in [2.05, 4.69) is 4.72 Å². The molecule has 1 fully saturated rings. The van der Waals surface area contributed by atoms with Gasteiger partial charge >= 0.3 is 0 Å². The van der Waals surface area contributed by atoms with E-state index in [0.717, 1.165) is 0 Å². The van der Waals surface area contributed by atoms with E-state index in [4.69, 9.17) is 5.26 Å². The minimum atomic E-state index is -3.67. The van der Waals surface area contributed by atoms with Gasteiger partial charge in [-0.3, -0.25) is 4.79 Å². The molecule has 0 spiro atoms. The molecule has 0 radical (unpaired) electrons. The van der Waals surface area contributed by atoms with Crippen LogP contribution in [0.3, 0.4) is 0 Å². The molecule has 0 aromatic heterocycles. The molecule has 1 saturated heterocycles. The second kappa shape index (κ2) is 5.61. The standard InChI is InChI=1S/C13H15N3O3S/c1-16-9-11(5-6-13(16)17)15-20(18,19)12-4-2-3-10(7-12)8-14/h2-4,7,11,15H,5-6,9H2,1H3. The van der Waals surface area contributed by atoms with Gasteiger partial charge in [0.1, 0.15) is 0 Å². The lowest BCUT2D eigenvalue weighted by atomic mass is 10.1. The molecule has 1 heterocycles. The van der Waals surface area contributed by atoms with Crippen LogP contribution in [-0.4, -0.2) is 38.9 Å². The Morgan fingerprint density at radius 2 is 2.20 bits per heavy atom. The van der Waals surface area contributed by atoms with E-state index in [1.165, 1.54) is 23.1 Å². The lowest BCUT2D eigenvalue weighted by Crippen LogP contribution is -2.48. The van der Waals surface area contributed by atoms with Crippen molar-refractivity contribution in [1.82, 2.24) is 9.62 Å². The monoisotopic (exact) mass is 293 g/mol.